The van der Waals surface area contributed by atoms with Crippen LogP contribution in [-0.4, -0.2) is 45.2 Å². The molecule has 0 aromatic rings. The molecule has 0 aliphatic rings. The van der Waals surface area contributed by atoms with E-state index in [0.29, 0.717) is 12.8 Å². The predicted octanol–water partition coefficient (Wildman–Crippen LogP) is 1.30. The summed E-state index contributed by atoms with van der Waals surface area (Å²) in [5.41, 5.74) is 0. The molecule has 2 N–H and O–H groups in total. The molecule has 16 heavy (non-hydrogen) atoms. The van der Waals surface area contributed by atoms with Gasteiger partial charge in [-0.05, 0) is 0 Å². The summed E-state index contributed by atoms with van der Waals surface area (Å²) in [6, 6.07) is 0. The van der Waals surface area contributed by atoms with Gasteiger partial charge in [-0.3, -0.25) is 9.59 Å². The fraction of sp³-hybridized carbons (Fsp3) is 0.800. The Bertz CT molecular complexity index is 166. The molecule has 0 aromatic carbocycles. The van der Waals surface area contributed by atoms with E-state index in [9.17, 15) is 9.59 Å². The fourth-order valence-electron chi connectivity index (χ4n) is 0.515. The van der Waals surface area contributed by atoms with Gasteiger partial charge in [0.2, 0.25) is 0 Å². The second kappa shape index (κ2) is 15.0. The zero-order valence-corrected chi connectivity index (χ0v) is 11.4. The molecule has 0 saturated heterocycles. The highest BCUT2D eigenvalue weighted by atomic mass is 32.2. The van der Waals surface area contributed by atoms with Crippen molar-refractivity contribution < 1.29 is 19.8 Å². The molecular formula is C10H20O4S2. The van der Waals surface area contributed by atoms with Crippen LogP contribution in [-0.2, 0) is 9.59 Å². The van der Waals surface area contributed by atoms with Crippen LogP contribution in [0, 0.1) is 0 Å². The number of hydrogen-bond donors (Lipinski definition) is 2. The second-order valence-corrected chi connectivity index (χ2v) is 4.90. The van der Waals surface area contributed by atoms with Gasteiger partial charge in [-0.15, -0.1) is 0 Å². The molecule has 0 aliphatic carbocycles. The number of hydrogen-bond acceptors (Lipinski definition) is 6. The highest BCUT2D eigenvalue weighted by molar-refractivity contribution is 8.16. The maximum Gasteiger partial charge on any atom is 0.188 e. The molecule has 0 rings (SSSR count). The average molecular weight is 268 g/mol. The Morgan fingerprint density at radius 3 is 1.38 bits per heavy atom. The smallest absolute Gasteiger partial charge is 0.188 e. The fourth-order valence-corrected chi connectivity index (χ4v) is 2.05. The third-order valence-corrected chi connectivity index (χ3v) is 3.58. The summed E-state index contributed by atoms with van der Waals surface area (Å²) in [6.07, 6.45) is 1.16. The number of aliphatic hydroxyl groups is 2. The highest BCUT2D eigenvalue weighted by Crippen LogP contribution is 2.11. The van der Waals surface area contributed by atoms with E-state index < -0.39 is 0 Å². The van der Waals surface area contributed by atoms with Crippen molar-refractivity contribution >= 4 is 33.8 Å². The van der Waals surface area contributed by atoms with Crippen LogP contribution in [0.25, 0.3) is 0 Å². The molecule has 0 aromatic heterocycles. The SMILES string of the molecule is CCC(=O)SCCSC(=O)CC.OCCO. The Hall–Kier alpha value is -0.0400. The Labute approximate surface area is 105 Å². The van der Waals surface area contributed by atoms with Crippen LogP contribution in [0.3, 0.4) is 0 Å². The van der Waals surface area contributed by atoms with E-state index in [4.69, 9.17) is 10.2 Å². The molecule has 0 atom stereocenters. The molecule has 0 amide bonds. The topological polar surface area (TPSA) is 74.6 Å². The molecule has 0 saturated carbocycles. The van der Waals surface area contributed by atoms with Crippen molar-refractivity contribution in [2.45, 2.75) is 26.7 Å². The molecule has 0 fully saturated rings. The number of aliphatic hydroxyl groups excluding tert-OH is 2. The summed E-state index contributed by atoms with van der Waals surface area (Å²) in [6.45, 7) is 3.44. The summed E-state index contributed by atoms with van der Waals surface area (Å²) in [5.74, 6) is 1.51. The van der Waals surface area contributed by atoms with Gasteiger partial charge in [-0.2, -0.15) is 0 Å². The molecular weight excluding hydrogens is 248 g/mol. The van der Waals surface area contributed by atoms with Crippen LogP contribution in [0.1, 0.15) is 26.7 Å². The quantitative estimate of drug-likeness (QED) is 0.707. The summed E-state index contributed by atoms with van der Waals surface area (Å²) < 4.78 is 0. The minimum atomic E-state index is -0.125. The number of carbonyl (C=O) groups excluding carboxylic acids is 2. The van der Waals surface area contributed by atoms with Crippen molar-refractivity contribution in [3.05, 3.63) is 0 Å². The molecule has 0 bridgehead atoms. The molecule has 0 radical (unpaired) electrons. The highest BCUT2D eigenvalue weighted by Gasteiger charge is 2.01. The van der Waals surface area contributed by atoms with Crippen molar-refractivity contribution in [1.29, 1.82) is 0 Å². The van der Waals surface area contributed by atoms with Crippen molar-refractivity contribution in [2.24, 2.45) is 0 Å². The number of thioether (sulfide) groups is 2. The number of rotatable bonds is 6. The first-order chi connectivity index (χ1) is 7.62. The summed E-state index contributed by atoms with van der Waals surface area (Å²) in [7, 11) is 0. The lowest BCUT2D eigenvalue weighted by Gasteiger charge is -1.97. The first kappa shape index (κ1) is 18.3. The lowest BCUT2D eigenvalue weighted by molar-refractivity contribution is -0.111. The van der Waals surface area contributed by atoms with Crippen LogP contribution in [0.4, 0.5) is 0 Å². The van der Waals surface area contributed by atoms with E-state index in [1.54, 1.807) is 0 Å². The van der Waals surface area contributed by atoms with Gasteiger partial charge in [-0.1, -0.05) is 37.4 Å². The van der Waals surface area contributed by atoms with E-state index in [1.807, 2.05) is 13.8 Å². The predicted molar refractivity (Wildman–Crippen MR) is 69.7 cm³/mol. The van der Waals surface area contributed by atoms with E-state index >= 15 is 0 Å². The second-order valence-electron chi connectivity index (χ2n) is 2.60. The summed E-state index contributed by atoms with van der Waals surface area (Å²) in [5, 5.41) is 15.7. The Balaban J connectivity index is 0. The maximum absolute atomic E-state index is 10.8. The summed E-state index contributed by atoms with van der Waals surface area (Å²) >= 11 is 2.63. The minimum absolute atomic E-state index is 0.125. The molecule has 0 spiro atoms. The average Bonchev–Trinajstić information content (AvgIpc) is 2.34. The Morgan fingerprint density at radius 1 is 0.875 bits per heavy atom. The molecule has 0 aliphatic heterocycles. The third-order valence-electron chi connectivity index (χ3n) is 1.29. The maximum atomic E-state index is 10.8. The largest absolute Gasteiger partial charge is 0.394 e. The van der Waals surface area contributed by atoms with Crippen LogP contribution >= 0.6 is 23.5 Å². The van der Waals surface area contributed by atoms with Gasteiger partial charge in [-0.25, -0.2) is 0 Å². The molecule has 96 valence electrons. The minimum Gasteiger partial charge on any atom is -0.394 e. The standard InChI is InChI=1S/C8H14O2S2.C2H6O2/c1-3-7(9)11-5-6-12-8(10)4-2;3-1-2-4/h3-6H2,1-2H3;3-4H,1-2H2. The van der Waals surface area contributed by atoms with Gasteiger partial charge in [0.05, 0.1) is 13.2 Å². The normalized spacial score (nSPS) is 9.25. The zero-order valence-electron chi connectivity index (χ0n) is 9.77. The van der Waals surface area contributed by atoms with Crippen LogP contribution in [0.5, 0.6) is 0 Å². The van der Waals surface area contributed by atoms with E-state index in [0.717, 1.165) is 11.5 Å². The lowest BCUT2D eigenvalue weighted by Crippen LogP contribution is -1.95. The van der Waals surface area contributed by atoms with Gasteiger partial charge in [0.1, 0.15) is 0 Å². The Kier molecular flexibility index (Phi) is 17.1. The van der Waals surface area contributed by atoms with E-state index in [-0.39, 0.29) is 23.4 Å². The summed E-state index contributed by atoms with van der Waals surface area (Å²) in [4.78, 5) is 21.6. The first-order valence-corrected chi connectivity index (χ1v) is 7.12. The van der Waals surface area contributed by atoms with Gasteiger partial charge in [0.25, 0.3) is 0 Å². The van der Waals surface area contributed by atoms with Gasteiger partial charge in [0.15, 0.2) is 10.2 Å². The molecule has 0 heterocycles. The molecule has 4 nitrogen and oxygen atoms in total. The van der Waals surface area contributed by atoms with Crippen LogP contribution in [0.15, 0.2) is 0 Å². The molecule has 6 heteroatoms. The van der Waals surface area contributed by atoms with E-state index in [2.05, 4.69) is 0 Å². The lowest BCUT2D eigenvalue weighted by atomic mass is 10.6. The molecule has 0 unspecified atom stereocenters. The van der Waals surface area contributed by atoms with Gasteiger partial charge >= 0.3 is 0 Å². The van der Waals surface area contributed by atoms with Gasteiger partial charge in [0, 0.05) is 24.3 Å². The zero-order chi connectivity index (χ0) is 12.8. The van der Waals surface area contributed by atoms with Crippen LogP contribution in [0.2, 0.25) is 0 Å². The van der Waals surface area contributed by atoms with Crippen molar-refractivity contribution in [3.8, 4) is 0 Å². The van der Waals surface area contributed by atoms with Crippen molar-refractivity contribution in [1.82, 2.24) is 0 Å². The Morgan fingerprint density at radius 2 is 1.19 bits per heavy atom. The van der Waals surface area contributed by atoms with Crippen LogP contribution < -0.4 is 0 Å². The van der Waals surface area contributed by atoms with E-state index in [1.165, 1.54) is 23.5 Å². The first-order valence-electron chi connectivity index (χ1n) is 5.15. The van der Waals surface area contributed by atoms with Crippen molar-refractivity contribution in [3.63, 3.8) is 0 Å². The van der Waals surface area contributed by atoms with Crippen molar-refractivity contribution in [2.75, 3.05) is 24.7 Å². The number of carbonyl (C=O) groups is 2. The third kappa shape index (κ3) is 16.4. The van der Waals surface area contributed by atoms with Gasteiger partial charge < -0.3 is 10.2 Å². The monoisotopic (exact) mass is 268 g/mol.